The number of halogens is 1. The Bertz CT molecular complexity index is 854. The van der Waals surface area contributed by atoms with Crippen LogP contribution in [0.3, 0.4) is 0 Å². The largest absolute Gasteiger partial charge is 0.478 e. The number of nitrogens with zero attached hydrogens (tertiary/aromatic N) is 2. The molecule has 0 unspecified atom stereocenters. The van der Waals surface area contributed by atoms with Gasteiger partial charge in [0, 0.05) is 10.6 Å². The van der Waals surface area contributed by atoms with E-state index < -0.39 is 5.97 Å². The molecule has 0 amide bonds. The van der Waals surface area contributed by atoms with Crippen LogP contribution in [0.5, 0.6) is 0 Å². The first kappa shape index (κ1) is 15.3. The molecule has 0 aliphatic heterocycles. The first-order valence-corrected chi connectivity index (χ1v) is 7.65. The van der Waals surface area contributed by atoms with Gasteiger partial charge < -0.3 is 5.11 Å². The van der Waals surface area contributed by atoms with Gasteiger partial charge >= 0.3 is 5.97 Å². The summed E-state index contributed by atoms with van der Waals surface area (Å²) in [6.45, 7) is 1.91. The molecule has 3 aromatic rings. The van der Waals surface area contributed by atoms with Gasteiger partial charge in [-0.2, -0.15) is 5.10 Å². The van der Waals surface area contributed by atoms with Gasteiger partial charge in [-0.05, 0) is 30.2 Å². The number of rotatable bonds is 4. The Morgan fingerprint density at radius 3 is 2.48 bits per heavy atom. The lowest BCUT2D eigenvalue weighted by atomic mass is 10.1. The van der Waals surface area contributed by atoms with E-state index in [1.165, 1.54) is 6.20 Å². The fourth-order valence-corrected chi connectivity index (χ4v) is 2.84. The molecule has 1 aromatic heterocycles. The van der Waals surface area contributed by atoms with Gasteiger partial charge in [-0.25, -0.2) is 9.48 Å². The third-order valence-electron chi connectivity index (χ3n) is 3.73. The van der Waals surface area contributed by atoms with Crippen molar-refractivity contribution in [2.24, 2.45) is 0 Å². The number of benzene rings is 2. The van der Waals surface area contributed by atoms with Crippen molar-refractivity contribution in [2.45, 2.75) is 13.3 Å². The monoisotopic (exact) mass is 326 g/mol. The van der Waals surface area contributed by atoms with Crippen LogP contribution < -0.4 is 0 Å². The third-order valence-corrected chi connectivity index (χ3v) is 4.06. The maximum absolute atomic E-state index is 11.2. The van der Waals surface area contributed by atoms with Crippen molar-refractivity contribution >= 4 is 17.6 Å². The Labute approximate surface area is 139 Å². The quantitative estimate of drug-likeness (QED) is 0.770. The number of carboxylic acid groups (broad SMARTS) is 1. The topological polar surface area (TPSA) is 55.1 Å². The molecule has 0 aliphatic carbocycles. The Kier molecular flexibility index (Phi) is 4.17. The maximum atomic E-state index is 11.2. The highest BCUT2D eigenvalue weighted by molar-refractivity contribution is 6.33. The first-order valence-electron chi connectivity index (χ1n) is 7.27. The standard InChI is InChI=1S/C18H15ClN2O2/c1-2-17-15(18(22)23)11-20-21(17)13-9-7-12(8-10-13)14-5-3-4-6-16(14)19/h3-11H,2H2,1H3,(H,22,23). The zero-order valence-corrected chi connectivity index (χ0v) is 13.3. The van der Waals surface area contributed by atoms with Crippen molar-refractivity contribution in [2.75, 3.05) is 0 Å². The summed E-state index contributed by atoms with van der Waals surface area (Å²) in [5, 5.41) is 14.1. The second-order valence-electron chi connectivity index (χ2n) is 5.10. The number of carbonyl (C=O) groups is 1. The maximum Gasteiger partial charge on any atom is 0.339 e. The minimum absolute atomic E-state index is 0.239. The van der Waals surface area contributed by atoms with E-state index in [4.69, 9.17) is 11.6 Å². The highest BCUT2D eigenvalue weighted by Crippen LogP contribution is 2.28. The van der Waals surface area contributed by atoms with Gasteiger partial charge in [-0.3, -0.25) is 0 Å². The molecule has 0 spiro atoms. The molecule has 0 atom stereocenters. The van der Waals surface area contributed by atoms with E-state index in [2.05, 4.69) is 5.10 Å². The Morgan fingerprint density at radius 1 is 1.17 bits per heavy atom. The van der Waals surface area contributed by atoms with Crippen LogP contribution in [0.1, 0.15) is 23.0 Å². The summed E-state index contributed by atoms with van der Waals surface area (Å²) >= 11 is 6.22. The van der Waals surface area contributed by atoms with Crippen LogP contribution in [-0.4, -0.2) is 20.9 Å². The lowest BCUT2D eigenvalue weighted by molar-refractivity contribution is 0.0695. The van der Waals surface area contributed by atoms with E-state index in [0.29, 0.717) is 17.1 Å². The van der Waals surface area contributed by atoms with Gasteiger partial charge in [0.25, 0.3) is 0 Å². The van der Waals surface area contributed by atoms with Crippen LogP contribution in [0.2, 0.25) is 5.02 Å². The van der Waals surface area contributed by atoms with E-state index in [1.807, 2.05) is 55.5 Å². The molecule has 0 radical (unpaired) electrons. The normalized spacial score (nSPS) is 10.7. The summed E-state index contributed by atoms with van der Waals surface area (Å²) < 4.78 is 1.67. The van der Waals surface area contributed by atoms with Crippen molar-refractivity contribution in [3.8, 4) is 16.8 Å². The van der Waals surface area contributed by atoms with Gasteiger partial charge in [0.2, 0.25) is 0 Å². The van der Waals surface area contributed by atoms with Gasteiger partial charge in [0.05, 0.1) is 17.6 Å². The van der Waals surface area contributed by atoms with Crippen LogP contribution >= 0.6 is 11.6 Å². The molecule has 2 aromatic carbocycles. The molecule has 3 rings (SSSR count). The second-order valence-corrected chi connectivity index (χ2v) is 5.51. The molecular weight excluding hydrogens is 312 g/mol. The Morgan fingerprint density at radius 2 is 1.87 bits per heavy atom. The molecule has 5 heteroatoms. The lowest BCUT2D eigenvalue weighted by Crippen LogP contribution is -2.05. The van der Waals surface area contributed by atoms with Crippen LogP contribution in [-0.2, 0) is 6.42 Å². The smallest absolute Gasteiger partial charge is 0.339 e. The first-order chi connectivity index (χ1) is 11.1. The highest BCUT2D eigenvalue weighted by atomic mass is 35.5. The van der Waals surface area contributed by atoms with Crippen LogP contribution in [0.4, 0.5) is 0 Å². The van der Waals surface area contributed by atoms with E-state index in [1.54, 1.807) is 4.68 Å². The van der Waals surface area contributed by atoms with Crippen molar-refractivity contribution in [3.63, 3.8) is 0 Å². The van der Waals surface area contributed by atoms with E-state index in [-0.39, 0.29) is 5.56 Å². The summed E-state index contributed by atoms with van der Waals surface area (Å²) in [5.74, 6) is -0.958. The summed E-state index contributed by atoms with van der Waals surface area (Å²) in [6.07, 6.45) is 1.98. The van der Waals surface area contributed by atoms with Gasteiger partial charge in [0.15, 0.2) is 0 Å². The Balaban J connectivity index is 2.01. The summed E-state index contributed by atoms with van der Waals surface area (Å²) in [5.41, 5.74) is 3.71. The Hall–Kier alpha value is -2.59. The lowest BCUT2D eigenvalue weighted by Gasteiger charge is -2.09. The molecule has 0 aliphatic rings. The molecule has 4 nitrogen and oxygen atoms in total. The fraction of sp³-hybridized carbons (Fsp3) is 0.111. The van der Waals surface area contributed by atoms with E-state index >= 15 is 0 Å². The van der Waals surface area contributed by atoms with E-state index in [9.17, 15) is 9.90 Å². The number of carboxylic acids is 1. The molecule has 0 saturated carbocycles. The minimum Gasteiger partial charge on any atom is -0.478 e. The summed E-state index contributed by atoms with van der Waals surface area (Å²) in [7, 11) is 0. The predicted octanol–water partition coefficient (Wildman–Crippen LogP) is 4.45. The van der Waals surface area contributed by atoms with Crippen LogP contribution in [0.15, 0.2) is 54.7 Å². The minimum atomic E-state index is -0.958. The van der Waals surface area contributed by atoms with Crippen molar-refractivity contribution in [1.82, 2.24) is 9.78 Å². The van der Waals surface area contributed by atoms with Crippen molar-refractivity contribution in [1.29, 1.82) is 0 Å². The highest BCUT2D eigenvalue weighted by Gasteiger charge is 2.16. The van der Waals surface area contributed by atoms with Crippen LogP contribution in [0, 0.1) is 0 Å². The number of hydrogen-bond donors (Lipinski definition) is 1. The van der Waals surface area contributed by atoms with Crippen LogP contribution in [0.25, 0.3) is 16.8 Å². The third kappa shape index (κ3) is 2.85. The average Bonchev–Trinajstić information content (AvgIpc) is 3.00. The number of aromatic nitrogens is 2. The SMILES string of the molecule is CCc1c(C(=O)O)cnn1-c1ccc(-c2ccccc2Cl)cc1. The summed E-state index contributed by atoms with van der Waals surface area (Å²) in [4.78, 5) is 11.2. The van der Waals surface area contributed by atoms with Crippen molar-refractivity contribution < 1.29 is 9.90 Å². The average molecular weight is 327 g/mol. The van der Waals surface area contributed by atoms with Gasteiger partial charge in [-0.15, -0.1) is 0 Å². The van der Waals surface area contributed by atoms with Crippen molar-refractivity contribution in [3.05, 3.63) is 71.0 Å². The fourth-order valence-electron chi connectivity index (χ4n) is 2.59. The molecule has 116 valence electrons. The zero-order chi connectivity index (χ0) is 16.4. The van der Waals surface area contributed by atoms with Gasteiger partial charge in [0.1, 0.15) is 5.56 Å². The zero-order valence-electron chi connectivity index (χ0n) is 12.5. The predicted molar refractivity (Wildman–Crippen MR) is 90.3 cm³/mol. The number of aromatic carboxylic acids is 1. The molecular formula is C18H15ClN2O2. The molecule has 1 N–H and O–H groups in total. The van der Waals surface area contributed by atoms with Gasteiger partial charge in [-0.1, -0.05) is 48.9 Å². The molecule has 0 fully saturated rings. The molecule has 23 heavy (non-hydrogen) atoms. The summed E-state index contributed by atoms with van der Waals surface area (Å²) in [6, 6.07) is 15.4. The van der Waals surface area contributed by atoms with E-state index in [0.717, 1.165) is 16.8 Å². The molecule has 0 bridgehead atoms. The number of hydrogen-bond acceptors (Lipinski definition) is 2. The molecule has 1 heterocycles. The second kappa shape index (κ2) is 6.26. The molecule has 0 saturated heterocycles.